The molecule has 1 aliphatic rings. The van der Waals surface area contributed by atoms with Gasteiger partial charge in [-0.3, -0.25) is 9.78 Å². The van der Waals surface area contributed by atoms with E-state index in [1.807, 2.05) is 25.3 Å². The Bertz CT molecular complexity index is 1220. The summed E-state index contributed by atoms with van der Waals surface area (Å²) in [6.45, 7) is 9.10. The SMILES string of the molecule is Cc1ccc(NC(=O)c2cccc(C(F)(F)F)c2)cc1-c1cnc(C(C)C)c(N2CCOCC2)c1. The van der Waals surface area contributed by atoms with Crippen molar-refractivity contribution in [2.24, 2.45) is 0 Å². The molecule has 1 aliphatic heterocycles. The summed E-state index contributed by atoms with van der Waals surface area (Å²) in [6.07, 6.45) is -2.68. The fraction of sp³-hybridized carbons (Fsp3) is 0.333. The number of hydrogen-bond donors (Lipinski definition) is 1. The lowest BCUT2D eigenvalue weighted by Gasteiger charge is -2.31. The summed E-state index contributed by atoms with van der Waals surface area (Å²) in [6, 6.07) is 12.0. The number of carbonyl (C=O) groups is 1. The van der Waals surface area contributed by atoms with Crippen molar-refractivity contribution >= 4 is 17.3 Å². The van der Waals surface area contributed by atoms with Crippen LogP contribution in [0.3, 0.4) is 0 Å². The average Bonchev–Trinajstić information content (AvgIpc) is 2.85. The summed E-state index contributed by atoms with van der Waals surface area (Å²) in [5, 5.41) is 2.73. The number of pyridine rings is 1. The number of halogens is 3. The fourth-order valence-corrected chi connectivity index (χ4v) is 4.16. The Kier molecular flexibility index (Phi) is 7.12. The monoisotopic (exact) mass is 483 g/mol. The van der Waals surface area contributed by atoms with Crippen molar-refractivity contribution in [3.05, 3.63) is 77.1 Å². The van der Waals surface area contributed by atoms with Crippen LogP contribution in [0.2, 0.25) is 0 Å². The zero-order chi connectivity index (χ0) is 25.2. The van der Waals surface area contributed by atoms with Gasteiger partial charge in [0.15, 0.2) is 0 Å². The first-order valence-electron chi connectivity index (χ1n) is 11.6. The molecule has 1 amide bonds. The van der Waals surface area contributed by atoms with Crippen molar-refractivity contribution in [2.75, 3.05) is 36.5 Å². The van der Waals surface area contributed by atoms with Crippen LogP contribution in [0.5, 0.6) is 0 Å². The Hall–Kier alpha value is -3.39. The third kappa shape index (κ3) is 5.65. The summed E-state index contributed by atoms with van der Waals surface area (Å²) in [5.74, 6) is -0.353. The van der Waals surface area contributed by atoms with Gasteiger partial charge in [-0.15, -0.1) is 0 Å². The fourth-order valence-electron chi connectivity index (χ4n) is 4.16. The molecule has 1 saturated heterocycles. The number of nitrogens with zero attached hydrogens (tertiary/aromatic N) is 2. The lowest BCUT2D eigenvalue weighted by atomic mass is 9.98. The molecule has 0 bridgehead atoms. The van der Waals surface area contributed by atoms with Gasteiger partial charge >= 0.3 is 6.18 Å². The Morgan fingerprint density at radius 1 is 1.09 bits per heavy atom. The van der Waals surface area contributed by atoms with Gasteiger partial charge in [0.2, 0.25) is 0 Å². The number of hydrogen-bond acceptors (Lipinski definition) is 4. The van der Waals surface area contributed by atoms with E-state index in [0.29, 0.717) is 18.9 Å². The molecule has 35 heavy (non-hydrogen) atoms. The van der Waals surface area contributed by atoms with Crippen LogP contribution in [0.15, 0.2) is 54.7 Å². The second kappa shape index (κ2) is 10.1. The minimum Gasteiger partial charge on any atom is -0.378 e. The number of amides is 1. The van der Waals surface area contributed by atoms with Gasteiger partial charge in [-0.1, -0.05) is 26.0 Å². The van der Waals surface area contributed by atoms with E-state index < -0.39 is 17.6 Å². The maximum absolute atomic E-state index is 13.0. The van der Waals surface area contributed by atoms with Gasteiger partial charge in [-0.25, -0.2) is 0 Å². The Labute approximate surface area is 202 Å². The Balaban J connectivity index is 1.64. The number of nitrogens with one attached hydrogen (secondary N) is 1. The van der Waals surface area contributed by atoms with Crippen LogP contribution < -0.4 is 10.2 Å². The third-order valence-corrected chi connectivity index (χ3v) is 6.05. The molecule has 1 fully saturated rings. The zero-order valence-electron chi connectivity index (χ0n) is 19.9. The van der Waals surface area contributed by atoms with Gasteiger partial charge in [0.25, 0.3) is 5.91 Å². The minimum absolute atomic E-state index is 0.0560. The van der Waals surface area contributed by atoms with Crippen molar-refractivity contribution < 1.29 is 22.7 Å². The molecule has 0 unspecified atom stereocenters. The number of aromatic nitrogens is 1. The van der Waals surface area contributed by atoms with Crippen LogP contribution in [-0.4, -0.2) is 37.2 Å². The minimum atomic E-state index is -4.51. The van der Waals surface area contributed by atoms with Crippen LogP contribution in [0.4, 0.5) is 24.5 Å². The van der Waals surface area contributed by atoms with Gasteiger partial charge in [0.1, 0.15) is 0 Å². The van der Waals surface area contributed by atoms with Crippen LogP contribution in [-0.2, 0) is 10.9 Å². The number of anilines is 2. The molecule has 3 aromatic rings. The quantitative estimate of drug-likeness (QED) is 0.464. The highest BCUT2D eigenvalue weighted by atomic mass is 19.4. The van der Waals surface area contributed by atoms with Crippen molar-refractivity contribution in [3.63, 3.8) is 0 Å². The summed E-state index contributed by atoms with van der Waals surface area (Å²) in [5.41, 5.74) is 4.46. The molecule has 0 radical (unpaired) electrons. The summed E-state index contributed by atoms with van der Waals surface area (Å²) in [4.78, 5) is 19.7. The molecule has 5 nitrogen and oxygen atoms in total. The van der Waals surface area contributed by atoms with Crippen LogP contribution in [0.1, 0.15) is 46.9 Å². The summed E-state index contributed by atoms with van der Waals surface area (Å²) in [7, 11) is 0. The molecule has 1 aromatic heterocycles. The number of benzene rings is 2. The molecule has 0 aliphatic carbocycles. The second-order valence-electron chi connectivity index (χ2n) is 8.94. The van der Waals surface area contributed by atoms with E-state index in [2.05, 4.69) is 30.1 Å². The maximum atomic E-state index is 13.0. The van der Waals surface area contributed by atoms with E-state index in [4.69, 9.17) is 9.72 Å². The van der Waals surface area contributed by atoms with E-state index in [1.165, 1.54) is 12.1 Å². The van der Waals surface area contributed by atoms with Crippen molar-refractivity contribution in [3.8, 4) is 11.1 Å². The zero-order valence-corrected chi connectivity index (χ0v) is 19.9. The molecule has 2 aromatic carbocycles. The van der Waals surface area contributed by atoms with E-state index in [0.717, 1.165) is 53.3 Å². The predicted molar refractivity (Wildman–Crippen MR) is 131 cm³/mol. The van der Waals surface area contributed by atoms with Crippen LogP contribution in [0.25, 0.3) is 11.1 Å². The van der Waals surface area contributed by atoms with Crippen molar-refractivity contribution in [2.45, 2.75) is 32.9 Å². The number of alkyl halides is 3. The van der Waals surface area contributed by atoms with Gasteiger partial charge in [-0.05, 0) is 60.4 Å². The molecule has 0 saturated carbocycles. The van der Waals surface area contributed by atoms with Crippen molar-refractivity contribution in [1.82, 2.24) is 4.98 Å². The number of aryl methyl sites for hydroxylation is 1. The molecule has 4 rings (SSSR count). The number of rotatable bonds is 5. The first kappa shape index (κ1) is 24.7. The molecule has 0 atom stereocenters. The molecule has 184 valence electrons. The smallest absolute Gasteiger partial charge is 0.378 e. The highest BCUT2D eigenvalue weighted by Gasteiger charge is 2.31. The van der Waals surface area contributed by atoms with Crippen LogP contribution >= 0.6 is 0 Å². The van der Waals surface area contributed by atoms with Crippen molar-refractivity contribution in [1.29, 1.82) is 0 Å². The Morgan fingerprint density at radius 3 is 2.51 bits per heavy atom. The standard InChI is InChI=1S/C27H28F3N3O2/c1-17(2)25-24(33-9-11-35-12-10-33)14-20(16-31-25)23-15-22(8-7-18(23)3)32-26(34)19-5-4-6-21(13-19)27(28,29)30/h4-8,13-17H,9-12H2,1-3H3,(H,32,34). The topological polar surface area (TPSA) is 54.5 Å². The van der Waals surface area contributed by atoms with Gasteiger partial charge in [0.05, 0.1) is 30.2 Å². The third-order valence-electron chi connectivity index (χ3n) is 6.05. The molecule has 0 spiro atoms. The summed E-state index contributed by atoms with van der Waals surface area (Å²) < 4.78 is 44.6. The molecule has 1 N–H and O–H groups in total. The Morgan fingerprint density at radius 2 is 1.83 bits per heavy atom. The largest absolute Gasteiger partial charge is 0.416 e. The van der Waals surface area contributed by atoms with Gasteiger partial charge in [-0.2, -0.15) is 13.2 Å². The average molecular weight is 484 g/mol. The predicted octanol–water partition coefficient (Wildman–Crippen LogP) is 6.29. The number of morpholine rings is 1. The van der Waals surface area contributed by atoms with Gasteiger partial charge < -0.3 is 15.0 Å². The van der Waals surface area contributed by atoms with Gasteiger partial charge in [0, 0.05) is 36.1 Å². The lowest BCUT2D eigenvalue weighted by molar-refractivity contribution is -0.137. The summed E-state index contributed by atoms with van der Waals surface area (Å²) >= 11 is 0. The second-order valence-corrected chi connectivity index (χ2v) is 8.94. The number of carbonyl (C=O) groups excluding carboxylic acids is 1. The molecule has 8 heteroatoms. The normalized spacial score (nSPS) is 14.3. The van der Waals surface area contributed by atoms with Crippen LogP contribution in [0, 0.1) is 6.92 Å². The molecule has 2 heterocycles. The highest BCUT2D eigenvalue weighted by molar-refractivity contribution is 6.04. The first-order chi connectivity index (χ1) is 16.6. The van der Waals surface area contributed by atoms with E-state index >= 15 is 0 Å². The van der Waals surface area contributed by atoms with E-state index in [-0.39, 0.29) is 11.5 Å². The highest BCUT2D eigenvalue weighted by Crippen LogP contribution is 2.34. The molecular formula is C27H28F3N3O2. The lowest BCUT2D eigenvalue weighted by Crippen LogP contribution is -2.37. The molecular weight excluding hydrogens is 455 g/mol. The van der Waals surface area contributed by atoms with E-state index in [1.54, 1.807) is 6.07 Å². The number of ether oxygens (including phenoxy) is 1. The maximum Gasteiger partial charge on any atom is 0.416 e. The first-order valence-corrected chi connectivity index (χ1v) is 11.6. The van der Waals surface area contributed by atoms with E-state index in [9.17, 15) is 18.0 Å².